The van der Waals surface area contributed by atoms with Crippen molar-refractivity contribution in [3.05, 3.63) is 74.6 Å². The summed E-state index contributed by atoms with van der Waals surface area (Å²) in [5.74, 6) is -0.954. The number of nitrogens with zero attached hydrogens (tertiary/aromatic N) is 1. The van der Waals surface area contributed by atoms with Gasteiger partial charge in [0, 0.05) is 5.56 Å². The van der Waals surface area contributed by atoms with Crippen LogP contribution in [0.25, 0.3) is 0 Å². The van der Waals surface area contributed by atoms with E-state index in [-0.39, 0.29) is 10.0 Å². The average molecular weight is 312 g/mol. The van der Waals surface area contributed by atoms with Crippen molar-refractivity contribution >= 4 is 15.9 Å². The fourth-order valence-corrected chi connectivity index (χ4v) is 2.06. The second kappa shape index (κ2) is 5.35. The summed E-state index contributed by atoms with van der Waals surface area (Å²) in [6.45, 7) is 0. The van der Waals surface area contributed by atoms with E-state index in [2.05, 4.69) is 21.1 Å². The number of nitroso groups, excluding NO2 is 1. The van der Waals surface area contributed by atoms with Gasteiger partial charge in [0.15, 0.2) is 0 Å². The van der Waals surface area contributed by atoms with Crippen LogP contribution in [0.3, 0.4) is 0 Å². The van der Waals surface area contributed by atoms with Gasteiger partial charge in [0.1, 0.15) is 17.7 Å². The Morgan fingerprint density at radius 1 is 1.06 bits per heavy atom. The van der Waals surface area contributed by atoms with Crippen LogP contribution in [0.15, 0.2) is 52.1 Å². The Kier molecular flexibility index (Phi) is 3.81. The van der Waals surface area contributed by atoms with Crippen LogP contribution in [0.5, 0.6) is 0 Å². The van der Waals surface area contributed by atoms with E-state index >= 15 is 0 Å². The fraction of sp³-hybridized carbons (Fsp3) is 0.0769. The molecule has 0 N–H and O–H groups in total. The van der Waals surface area contributed by atoms with E-state index in [9.17, 15) is 13.7 Å². The highest BCUT2D eigenvalue weighted by Gasteiger charge is 2.19. The molecule has 92 valence electrons. The molecule has 0 saturated carbocycles. The third kappa shape index (κ3) is 2.46. The SMILES string of the molecule is O=NC(c1ccc(F)cc1)c1cccc(Br)c1F. The first-order chi connectivity index (χ1) is 8.63. The Morgan fingerprint density at radius 2 is 1.72 bits per heavy atom. The molecule has 2 aromatic rings. The maximum Gasteiger partial charge on any atom is 0.145 e. The Labute approximate surface area is 111 Å². The molecule has 2 nitrogen and oxygen atoms in total. The molecule has 1 atom stereocenters. The van der Waals surface area contributed by atoms with E-state index < -0.39 is 17.7 Å². The van der Waals surface area contributed by atoms with Gasteiger partial charge >= 0.3 is 0 Å². The zero-order chi connectivity index (χ0) is 13.1. The lowest BCUT2D eigenvalue weighted by Crippen LogP contribution is -2.01. The van der Waals surface area contributed by atoms with Crippen LogP contribution in [-0.2, 0) is 0 Å². The zero-order valence-corrected chi connectivity index (χ0v) is 10.7. The largest absolute Gasteiger partial charge is 0.207 e. The van der Waals surface area contributed by atoms with Crippen molar-refractivity contribution in [3.8, 4) is 0 Å². The van der Waals surface area contributed by atoms with Gasteiger partial charge < -0.3 is 0 Å². The average Bonchev–Trinajstić information content (AvgIpc) is 2.37. The summed E-state index contributed by atoms with van der Waals surface area (Å²) < 4.78 is 27.0. The molecule has 2 rings (SSSR count). The lowest BCUT2D eigenvalue weighted by molar-refractivity contribution is 0.592. The van der Waals surface area contributed by atoms with Crippen LogP contribution in [-0.4, -0.2) is 0 Å². The molecular weight excluding hydrogens is 304 g/mol. The van der Waals surface area contributed by atoms with Gasteiger partial charge in [0.25, 0.3) is 0 Å². The molecule has 2 aromatic carbocycles. The van der Waals surface area contributed by atoms with Crippen LogP contribution in [0.4, 0.5) is 8.78 Å². The number of hydrogen-bond acceptors (Lipinski definition) is 2. The van der Waals surface area contributed by atoms with Crippen molar-refractivity contribution in [3.63, 3.8) is 0 Å². The van der Waals surface area contributed by atoms with Crippen LogP contribution in [0.1, 0.15) is 17.2 Å². The second-order valence-corrected chi connectivity index (χ2v) is 4.56. The monoisotopic (exact) mass is 311 g/mol. The van der Waals surface area contributed by atoms with E-state index in [1.165, 1.54) is 36.4 Å². The van der Waals surface area contributed by atoms with Crippen molar-refractivity contribution in [1.29, 1.82) is 0 Å². The lowest BCUT2D eigenvalue weighted by Gasteiger charge is -2.11. The van der Waals surface area contributed by atoms with Gasteiger partial charge in [-0.1, -0.05) is 29.4 Å². The van der Waals surface area contributed by atoms with E-state index in [0.717, 1.165) is 0 Å². The summed E-state index contributed by atoms with van der Waals surface area (Å²) in [7, 11) is 0. The molecule has 0 aliphatic rings. The standard InChI is InChI=1S/C13H8BrF2NO/c14-11-3-1-2-10(12(11)16)13(17-18)8-4-6-9(15)7-5-8/h1-7,13H. The molecule has 18 heavy (non-hydrogen) atoms. The molecule has 1 unspecified atom stereocenters. The predicted octanol–water partition coefficient (Wildman–Crippen LogP) is 4.58. The molecule has 0 aliphatic heterocycles. The minimum Gasteiger partial charge on any atom is -0.207 e. The van der Waals surface area contributed by atoms with Crippen LogP contribution < -0.4 is 0 Å². The minimum atomic E-state index is -0.983. The Morgan fingerprint density at radius 3 is 2.33 bits per heavy atom. The van der Waals surface area contributed by atoms with Crippen molar-refractivity contribution in [2.45, 2.75) is 6.04 Å². The number of hydrogen-bond donors (Lipinski definition) is 0. The second-order valence-electron chi connectivity index (χ2n) is 3.70. The van der Waals surface area contributed by atoms with Crippen LogP contribution in [0, 0.1) is 16.5 Å². The summed E-state index contributed by atoms with van der Waals surface area (Å²) in [6, 6.07) is 8.91. The number of rotatable bonds is 3. The quantitative estimate of drug-likeness (QED) is 0.763. The normalized spacial score (nSPS) is 12.2. The van der Waals surface area contributed by atoms with Crippen molar-refractivity contribution in [2.75, 3.05) is 0 Å². The molecule has 5 heteroatoms. The minimum absolute atomic E-state index is 0.158. The third-order valence-corrected chi connectivity index (χ3v) is 3.18. The molecular formula is C13H8BrF2NO. The topological polar surface area (TPSA) is 29.4 Å². The van der Waals surface area contributed by atoms with Crippen LogP contribution >= 0.6 is 15.9 Å². The number of benzene rings is 2. The summed E-state index contributed by atoms with van der Waals surface area (Å²) in [5, 5.41) is 2.93. The zero-order valence-electron chi connectivity index (χ0n) is 9.11. The molecule has 0 aliphatic carbocycles. The highest BCUT2D eigenvalue weighted by Crippen LogP contribution is 2.31. The molecule has 0 aromatic heterocycles. The molecule has 0 fully saturated rings. The van der Waals surface area contributed by atoms with E-state index in [0.29, 0.717) is 5.56 Å². The summed E-state index contributed by atoms with van der Waals surface area (Å²) >= 11 is 3.05. The fourth-order valence-electron chi connectivity index (χ4n) is 1.67. The van der Waals surface area contributed by atoms with E-state index in [1.807, 2.05) is 0 Å². The van der Waals surface area contributed by atoms with Crippen molar-refractivity contribution < 1.29 is 8.78 Å². The molecule has 0 radical (unpaired) electrons. The maximum absolute atomic E-state index is 13.9. The Balaban J connectivity index is 2.48. The molecule has 0 bridgehead atoms. The molecule has 0 amide bonds. The van der Waals surface area contributed by atoms with Gasteiger partial charge in [0.05, 0.1) is 4.47 Å². The van der Waals surface area contributed by atoms with E-state index in [1.54, 1.807) is 6.07 Å². The third-order valence-electron chi connectivity index (χ3n) is 2.57. The van der Waals surface area contributed by atoms with Gasteiger partial charge in [-0.15, -0.1) is 4.91 Å². The van der Waals surface area contributed by atoms with Gasteiger partial charge in [0.2, 0.25) is 0 Å². The van der Waals surface area contributed by atoms with Crippen LogP contribution in [0.2, 0.25) is 0 Å². The Bertz CT molecular complexity index is 572. The first-order valence-electron chi connectivity index (χ1n) is 5.15. The summed E-state index contributed by atoms with van der Waals surface area (Å²) in [6.07, 6.45) is 0. The molecule has 0 spiro atoms. The molecule has 0 heterocycles. The Hall–Kier alpha value is -1.62. The first kappa shape index (κ1) is 12.8. The van der Waals surface area contributed by atoms with Crippen molar-refractivity contribution in [2.24, 2.45) is 5.18 Å². The number of halogens is 3. The summed E-state index contributed by atoms with van der Waals surface area (Å²) in [5.41, 5.74) is 0.606. The van der Waals surface area contributed by atoms with Crippen molar-refractivity contribution in [1.82, 2.24) is 0 Å². The highest BCUT2D eigenvalue weighted by molar-refractivity contribution is 9.10. The van der Waals surface area contributed by atoms with E-state index in [4.69, 9.17) is 0 Å². The van der Waals surface area contributed by atoms with Gasteiger partial charge in [-0.05, 0) is 39.7 Å². The highest BCUT2D eigenvalue weighted by atomic mass is 79.9. The maximum atomic E-state index is 13.9. The first-order valence-corrected chi connectivity index (χ1v) is 5.94. The predicted molar refractivity (Wildman–Crippen MR) is 68.1 cm³/mol. The summed E-state index contributed by atoms with van der Waals surface area (Å²) in [4.78, 5) is 10.9. The molecule has 0 saturated heterocycles. The van der Waals surface area contributed by atoms with Gasteiger partial charge in [-0.3, -0.25) is 0 Å². The lowest BCUT2D eigenvalue weighted by atomic mass is 9.99. The van der Waals surface area contributed by atoms with Gasteiger partial charge in [-0.25, -0.2) is 8.78 Å². The van der Waals surface area contributed by atoms with Gasteiger partial charge in [-0.2, -0.15) is 0 Å². The smallest absolute Gasteiger partial charge is 0.145 e.